The lowest BCUT2D eigenvalue weighted by Crippen LogP contribution is -2.52. The van der Waals surface area contributed by atoms with Crippen LogP contribution in [0.3, 0.4) is 0 Å². The Morgan fingerprint density at radius 3 is 2.79 bits per heavy atom. The molecule has 2 rings (SSSR count). The van der Waals surface area contributed by atoms with Gasteiger partial charge in [-0.3, -0.25) is 0 Å². The van der Waals surface area contributed by atoms with E-state index in [-0.39, 0.29) is 6.04 Å². The van der Waals surface area contributed by atoms with Gasteiger partial charge in [-0.05, 0) is 39.1 Å². The molecule has 1 saturated heterocycles. The molecule has 2 N–H and O–H groups in total. The fraction of sp³-hybridized carbons (Fsp3) is 0.667. The first kappa shape index (κ1) is 14.9. The summed E-state index contributed by atoms with van der Waals surface area (Å²) in [5.41, 5.74) is 5.50. The number of likely N-dealkylation sites (N-methyl/N-ethyl adjacent to an activating group) is 1. The molecule has 0 aromatic carbocycles. The summed E-state index contributed by atoms with van der Waals surface area (Å²) < 4.78 is 27.3. The Morgan fingerprint density at radius 1 is 1.42 bits per heavy atom. The van der Waals surface area contributed by atoms with Gasteiger partial charge in [0.2, 0.25) is 0 Å². The molecular weight excluding hydrogens is 282 g/mol. The number of piperazine rings is 1. The lowest BCUT2D eigenvalue weighted by molar-refractivity contribution is 0.170. The second-order valence-corrected chi connectivity index (χ2v) is 8.27. The minimum atomic E-state index is -3.35. The number of nitrogens with two attached hydrogens (primary N) is 1. The minimum Gasteiger partial charge on any atom is -0.330 e. The number of sulfonamides is 1. The monoisotopic (exact) mass is 303 g/mol. The third-order valence-electron chi connectivity index (χ3n) is 3.36. The number of hydrogen-bond acceptors (Lipinski definition) is 5. The van der Waals surface area contributed by atoms with E-state index in [9.17, 15) is 8.42 Å². The molecule has 5 nitrogen and oxygen atoms in total. The van der Waals surface area contributed by atoms with Crippen molar-refractivity contribution in [2.24, 2.45) is 5.73 Å². The summed E-state index contributed by atoms with van der Waals surface area (Å²) in [7, 11) is -1.33. The van der Waals surface area contributed by atoms with Gasteiger partial charge < -0.3 is 10.6 Å². The van der Waals surface area contributed by atoms with E-state index in [1.807, 2.05) is 20.0 Å². The average Bonchev–Trinajstić information content (AvgIpc) is 2.78. The summed E-state index contributed by atoms with van der Waals surface area (Å²) in [6.45, 7) is 4.63. The Hall–Kier alpha value is -0.470. The Bertz CT molecular complexity index is 527. The van der Waals surface area contributed by atoms with Crippen molar-refractivity contribution in [3.63, 3.8) is 0 Å². The Labute approximate surface area is 119 Å². The number of thiophene rings is 1. The highest BCUT2D eigenvalue weighted by Crippen LogP contribution is 2.27. The van der Waals surface area contributed by atoms with Crippen molar-refractivity contribution in [3.8, 4) is 0 Å². The lowest BCUT2D eigenvalue weighted by Gasteiger charge is -2.36. The van der Waals surface area contributed by atoms with Crippen LogP contribution in [0.5, 0.6) is 0 Å². The van der Waals surface area contributed by atoms with Crippen molar-refractivity contribution in [3.05, 3.63) is 17.0 Å². The summed E-state index contributed by atoms with van der Waals surface area (Å²) in [5.74, 6) is 0. The van der Waals surface area contributed by atoms with Crippen molar-refractivity contribution in [1.29, 1.82) is 0 Å². The maximum Gasteiger partial charge on any atom is 0.252 e. The Balaban J connectivity index is 2.21. The smallest absolute Gasteiger partial charge is 0.252 e. The third kappa shape index (κ3) is 3.17. The van der Waals surface area contributed by atoms with Crippen LogP contribution >= 0.6 is 11.3 Å². The summed E-state index contributed by atoms with van der Waals surface area (Å²) in [5, 5.41) is 0. The zero-order valence-corrected chi connectivity index (χ0v) is 13.0. The highest BCUT2D eigenvalue weighted by atomic mass is 32.2. The van der Waals surface area contributed by atoms with Gasteiger partial charge in [0, 0.05) is 30.6 Å². The Morgan fingerprint density at radius 2 is 2.16 bits per heavy atom. The normalized spacial score (nSPS) is 22.8. The second-order valence-electron chi connectivity index (χ2n) is 4.99. The van der Waals surface area contributed by atoms with E-state index in [0.717, 1.165) is 24.4 Å². The largest absolute Gasteiger partial charge is 0.330 e. The molecule has 108 valence electrons. The van der Waals surface area contributed by atoms with Crippen LogP contribution in [-0.2, 0) is 16.4 Å². The van der Waals surface area contributed by atoms with Gasteiger partial charge in [0.05, 0.1) is 0 Å². The van der Waals surface area contributed by atoms with E-state index in [2.05, 4.69) is 4.90 Å². The molecule has 0 radical (unpaired) electrons. The molecule has 1 atom stereocenters. The first-order chi connectivity index (χ1) is 8.95. The molecule has 1 aromatic rings. The van der Waals surface area contributed by atoms with Crippen LogP contribution in [0.2, 0.25) is 0 Å². The van der Waals surface area contributed by atoms with Crippen molar-refractivity contribution in [1.82, 2.24) is 9.21 Å². The van der Waals surface area contributed by atoms with Gasteiger partial charge in [0.1, 0.15) is 4.21 Å². The standard InChI is InChI=1S/C12H21N3O2S2/c1-10-9-14(2)7-8-15(10)19(16,17)12-4-3-11(18-12)5-6-13/h3-4,10H,5-9,13H2,1-2H3. The van der Waals surface area contributed by atoms with Gasteiger partial charge in [-0.1, -0.05) is 0 Å². The molecule has 19 heavy (non-hydrogen) atoms. The van der Waals surface area contributed by atoms with Crippen LogP contribution in [0.4, 0.5) is 0 Å². The van der Waals surface area contributed by atoms with E-state index in [4.69, 9.17) is 5.73 Å². The minimum absolute atomic E-state index is 0.0174. The van der Waals surface area contributed by atoms with Crippen molar-refractivity contribution < 1.29 is 8.42 Å². The van der Waals surface area contributed by atoms with Crippen LogP contribution < -0.4 is 5.73 Å². The lowest BCUT2D eigenvalue weighted by atomic mass is 10.2. The third-order valence-corrected chi connectivity index (χ3v) is 6.99. The number of rotatable bonds is 4. The van der Waals surface area contributed by atoms with Crippen LogP contribution in [0, 0.1) is 0 Å². The van der Waals surface area contributed by atoms with E-state index in [1.54, 1.807) is 10.4 Å². The van der Waals surface area contributed by atoms with Crippen LogP contribution in [0.25, 0.3) is 0 Å². The fourth-order valence-corrected chi connectivity index (χ4v) is 5.48. The van der Waals surface area contributed by atoms with Gasteiger partial charge in [-0.15, -0.1) is 11.3 Å². The first-order valence-electron chi connectivity index (χ1n) is 6.44. The summed E-state index contributed by atoms with van der Waals surface area (Å²) in [4.78, 5) is 3.19. The molecule has 0 amide bonds. The van der Waals surface area contributed by atoms with Gasteiger partial charge in [-0.2, -0.15) is 4.31 Å². The summed E-state index contributed by atoms with van der Waals surface area (Å²) >= 11 is 1.34. The maximum atomic E-state index is 12.6. The van der Waals surface area contributed by atoms with E-state index in [0.29, 0.717) is 17.3 Å². The molecule has 0 saturated carbocycles. The molecule has 1 unspecified atom stereocenters. The summed E-state index contributed by atoms with van der Waals surface area (Å²) in [6, 6.07) is 3.59. The molecule has 1 aromatic heterocycles. The zero-order valence-electron chi connectivity index (χ0n) is 11.4. The van der Waals surface area contributed by atoms with Gasteiger partial charge in [-0.25, -0.2) is 8.42 Å². The van der Waals surface area contributed by atoms with Crippen molar-refractivity contribution in [2.45, 2.75) is 23.6 Å². The van der Waals surface area contributed by atoms with Gasteiger partial charge in [0.15, 0.2) is 0 Å². The fourth-order valence-electron chi connectivity index (χ4n) is 2.37. The predicted octanol–water partition coefficient (Wildman–Crippen LogP) is 0.574. The van der Waals surface area contributed by atoms with Gasteiger partial charge >= 0.3 is 0 Å². The summed E-state index contributed by atoms with van der Waals surface area (Å²) in [6.07, 6.45) is 0.735. The molecule has 1 aliphatic heterocycles. The predicted molar refractivity (Wildman–Crippen MR) is 77.9 cm³/mol. The SMILES string of the molecule is CC1CN(C)CCN1S(=O)(=O)c1ccc(CCN)s1. The van der Waals surface area contributed by atoms with Crippen LogP contribution in [-0.4, -0.2) is 56.9 Å². The second kappa shape index (κ2) is 5.88. The highest BCUT2D eigenvalue weighted by Gasteiger charge is 2.33. The molecule has 1 aliphatic rings. The quantitative estimate of drug-likeness (QED) is 0.883. The molecule has 7 heteroatoms. The molecular formula is C12H21N3O2S2. The number of hydrogen-bond donors (Lipinski definition) is 1. The molecule has 0 bridgehead atoms. The van der Waals surface area contributed by atoms with E-state index >= 15 is 0 Å². The van der Waals surface area contributed by atoms with Gasteiger partial charge in [0.25, 0.3) is 10.0 Å². The first-order valence-corrected chi connectivity index (χ1v) is 8.70. The van der Waals surface area contributed by atoms with Crippen molar-refractivity contribution in [2.75, 3.05) is 33.2 Å². The molecule has 0 aliphatic carbocycles. The van der Waals surface area contributed by atoms with Crippen LogP contribution in [0.1, 0.15) is 11.8 Å². The number of nitrogens with zero attached hydrogens (tertiary/aromatic N) is 2. The topological polar surface area (TPSA) is 66.6 Å². The highest BCUT2D eigenvalue weighted by molar-refractivity contribution is 7.91. The van der Waals surface area contributed by atoms with Crippen LogP contribution in [0.15, 0.2) is 16.3 Å². The van der Waals surface area contributed by atoms with E-state index in [1.165, 1.54) is 11.3 Å². The molecule has 2 heterocycles. The molecule has 0 spiro atoms. The zero-order chi connectivity index (χ0) is 14.0. The van der Waals surface area contributed by atoms with E-state index < -0.39 is 10.0 Å². The molecule has 1 fully saturated rings. The average molecular weight is 303 g/mol. The Kier molecular flexibility index (Phi) is 4.62. The van der Waals surface area contributed by atoms with Crippen molar-refractivity contribution >= 4 is 21.4 Å². The maximum absolute atomic E-state index is 12.6.